The Hall–Kier alpha value is -7.73. The van der Waals surface area contributed by atoms with Crippen molar-refractivity contribution in [3.63, 3.8) is 0 Å². The topological polar surface area (TPSA) is 150 Å². The summed E-state index contributed by atoms with van der Waals surface area (Å²) < 4.78 is 14.9. The number of carbonyl (C=O) groups is 6. The minimum Gasteiger partial charge on any atom is -0.463 e. The molecular weight excluding hydrogens is 1100 g/mol. The van der Waals surface area contributed by atoms with Gasteiger partial charge in [-0.1, -0.05) is 108 Å². The molecule has 9 aromatic carbocycles. The smallest absolute Gasteiger partial charge is 0.380 e. The highest BCUT2D eigenvalue weighted by atomic mass is 32.2. The van der Waals surface area contributed by atoms with Gasteiger partial charge in [0.15, 0.2) is 5.78 Å². The standard InChI is InChI=1S/C65H52O10S5/c1-73-63(70)60(67)45-16-22-48(23-17-45)76-51-28-34-55(35-29-51)80(56-36-30-52(31-37-56)77-49-24-18-46(19-25-49)61(68)64(71)74-2)57-38-32-53(33-39-57)78-50-26-20-47(21-27-50)62(69)65(72)75-41-43-10-9-15-58(40-43)79(54-13-7-4-8-14-54)42-59(66)44-11-5-3-6-12-44/h3-40,63,70,79-80H,41-42H2,1-2H3. The number of hydrogen-bond acceptors (Lipinski definition) is 13. The molecule has 0 fully saturated rings. The Kier molecular flexibility index (Phi) is 19.5. The molecule has 0 saturated heterocycles. The van der Waals surface area contributed by atoms with E-state index in [4.69, 9.17) is 9.47 Å². The van der Waals surface area contributed by atoms with Crippen LogP contribution in [0.15, 0.2) is 284 Å². The Balaban J connectivity index is 0.863. The highest BCUT2D eigenvalue weighted by molar-refractivity contribution is 8.17. The summed E-state index contributed by atoms with van der Waals surface area (Å²) in [6.07, 6.45) is -1.51. The van der Waals surface area contributed by atoms with E-state index in [1.165, 1.54) is 37.7 Å². The van der Waals surface area contributed by atoms with Crippen molar-refractivity contribution in [1.82, 2.24) is 0 Å². The molecule has 3 atom stereocenters. The Morgan fingerprint density at radius 3 is 1.26 bits per heavy atom. The van der Waals surface area contributed by atoms with Crippen LogP contribution in [0.4, 0.5) is 0 Å². The van der Waals surface area contributed by atoms with E-state index < -0.39 is 57.4 Å². The highest BCUT2D eigenvalue weighted by Gasteiger charge is 2.22. The molecule has 0 aliphatic rings. The normalized spacial score (nSPS) is 12.6. The highest BCUT2D eigenvalue weighted by Crippen LogP contribution is 2.53. The van der Waals surface area contributed by atoms with Crippen molar-refractivity contribution in [2.75, 3.05) is 20.0 Å². The first kappa shape index (κ1) is 57.0. The van der Waals surface area contributed by atoms with E-state index in [2.05, 4.69) is 77.5 Å². The van der Waals surface area contributed by atoms with E-state index in [0.717, 1.165) is 53.9 Å². The lowest BCUT2D eigenvalue weighted by Crippen LogP contribution is -2.22. The predicted molar refractivity (Wildman–Crippen MR) is 317 cm³/mol. The number of benzene rings is 9. The summed E-state index contributed by atoms with van der Waals surface area (Å²) >= 11 is 4.63. The molecule has 0 bridgehead atoms. The van der Waals surface area contributed by atoms with E-state index in [1.54, 1.807) is 60.3 Å². The maximum atomic E-state index is 13.4. The number of ketones is 4. The van der Waals surface area contributed by atoms with Crippen LogP contribution >= 0.6 is 57.1 Å². The number of aliphatic hydroxyl groups is 1. The molecule has 1 N–H and O–H groups in total. The molecule has 0 aromatic heterocycles. The zero-order chi connectivity index (χ0) is 56.0. The van der Waals surface area contributed by atoms with Gasteiger partial charge in [-0.25, -0.2) is 9.59 Å². The van der Waals surface area contributed by atoms with E-state index in [9.17, 15) is 33.9 Å². The third-order valence-electron chi connectivity index (χ3n) is 12.4. The summed E-state index contributed by atoms with van der Waals surface area (Å²) in [7, 11) is 0.355. The van der Waals surface area contributed by atoms with Crippen LogP contribution in [0.1, 0.15) is 47.0 Å². The summed E-state index contributed by atoms with van der Waals surface area (Å²) in [4.78, 5) is 87.4. The Morgan fingerprint density at radius 2 is 0.825 bits per heavy atom. The van der Waals surface area contributed by atoms with Crippen LogP contribution in [-0.2, 0) is 30.4 Å². The van der Waals surface area contributed by atoms with E-state index in [-0.39, 0.29) is 23.5 Å². The third kappa shape index (κ3) is 14.7. The molecule has 9 aromatic rings. The number of esters is 2. The molecule has 3 unspecified atom stereocenters. The molecule has 402 valence electrons. The number of ether oxygens (including phenoxy) is 3. The second kappa shape index (κ2) is 27.4. The van der Waals surface area contributed by atoms with Gasteiger partial charge < -0.3 is 19.3 Å². The first-order valence-electron chi connectivity index (χ1n) is 25.0. The molecule has 9 rings (SSSR count). The molecule has 0 radical (unpaired) electrons. The Bertz CT molecular complexity index is 3620. The minimum absolute atomic E-state index is 0.0485. The third-order valence-corrected chi connectivity index (χ3v) is 20.3. The predicted octanol–water partition coefficient (Wildman–Crippen LogP) is 14.3. The van der Waals surface area contributed by atoms with Crippen molar-refractivity contribution >= 4 is 92.1 Å². The van der Waals surface area contributed by atoms with E-state index >= 15 is 0 Å². The van der Waals surface area contributed by atoms with Crippen molar-refractivity contribution in [1.29, 1.82) is 0 Å². The average molecular weight is 1150 g/mol. The largest absolute Gasteiger partial charge is 0.463 e. The van der Waals surface area contributed by atoms with E-state index in [1.807, 2.05) is 109 Å². The van der Waals surface area contributed by atoms with Crippen LogP contribution in [0.3, 0.4) is 0 Å². The molecule has 0 saturated carbocycles. The van der Waals surface area contributed by atoms with E-state index in [0.29, 0.717) is 22.4 Å². The lowest BCUT2D eigenvalue weighted by atomic mass is 10.1. The summed E-state index contributed by atoms with van der Waals surface area (Å²) in [5.41, 5.74) is 2.20. The molecule has 0 spiro atoms. The molecular formula is C65H52O10S5. The number of carbonyl (C=O) groups excluding carboxylic acids is 6. The summed E-state index contributed by atoms with van der Waals surface area (Å²) in [6, 6.07) is 72.9. The lowest BCUT2D eigenvalue weighted by molar-refractivity contribution is -0.139. The number of thiol groups is 2. The van der Waals surface area contributed by atoms with Gasteiger partial charge in [-0.3, -0.25) is 19.2 Å². The first-order chi connectivity index (χ1) is 38.9. The lowest BCUT2D eigenvalue weighted by Gasteiger charge is -2.24. The van der Waals surface area contributed by atoms with Crippen LogP contribution in [0, 0.1) is 0 Å². The number of rotatable bonds is 23. The van der Waals surface area contributed by atoms with Gasteiger partial charge in [0.05, 0.1) is 7.11 Å². The average Bonchev–Trinajstić information content (AvgIpc) is 3.52. The number of Topliss-reactive ketones (excluding diaryl/α,β-unsaturated/α-hetero) is 4. The number of aliphatic hydroxyl groups excluding tert-OH is 1. The van der Waals surface area contributed by atoms with Crippen molar-refractivity contribution in [2.24, 2.45) is 0 Å². The van der Waals surface area contributed by atoms with Crippen LogP contribution in [0.2, 0.25) is 0 Å². The van der Waals surface area contributed by atoms with Crippen molar-refractivity contribution < 1.29 is 48.1 Å². The maximum absolute atomic E-state index is 13.4. The minimum atomic E-state index is -1.51. The van der Waals surface area contributed by atoms with Crippen molar-refractivity contribution in [3.05, 3.63) is 258 Å². The fourth-order valence-corrected chi connectivity index (χ4v) is 15.2. The summed E-state index contributed by atoms with van der Waals surface area (Å²) in [5.74, 6) is -3.45. The zero-order valence-electron chi connectivity index (χ0n) is 43.2. The second-order valence-corrected chi connectivity index (χ2v) is 25.6. The molecule has 80 heavy (non-hydrogen) atoms. The summed E-state index contributed by atoms with van der Waals surface area (Å²) in [6.45, 7) is -0.102. The second-order valence-electron chi connectivity index (χ2n) is 17.8. The van der Waals surface area contributed by atoms with Crippen molar-refractivity contribution in [3.8, 4) is 0 Å². The van der Waals surface area contributed by atoms with Gasteiger partial charge in [0.25, 0.3) is 11.6 Å². The SMILES string of the molecule is COC(=O)C(=O)c1ccc(Sc2ccc([SH](c3ccc(Sc4ccc(C(=O)C(=O)OCc5cccc([SH](CC(=O)c6ccccc6)c6ccccc6)c5)cc4)cc3)c3ccc(Sc4ccc(C(=O)C(O)OC)cc4)cc3)cc2)cc1. The maximum Gasteiger partial charge on any atom is 0.380 e. The monoisotopic (exact) mass is 1150 g/mol. The quantitative estimate of drug-likeness (QED) is 0.0183. The fourth-order valence-electron chi connectivity index (χ4n) is 8.29. The molecule has 10 nitrogen and oxygen atoms in total. The molecule has 0 heterocycles. The molecule has 0 aliphatic heterocycles. The Labute approximate surface area is 482 Å². The van der Waals surface area contributed by atoms with Crippen LogP contribution in [0.5, 0.6) is 0 Å². The number of methoxy groups -OCH3 is 2. The van der Waals surface area contributed by atoms with Gasteiger partial charge in [0.1, 0.15) is 6.61 Å². The van der Waals surface area contributed by atoms with Crippen LogP contribution < -0.4 is 0 Å². The van der Waals surface area contributed by atoms with Crippen molar-refractivity contribution in [2.45, 2.75) is 66.7 Å². The van der Waals surface area contributed by atoms with Crippen LogP contribution in [0.25, 0.3) is 0 Å². The molecule has 0 aliphatic carbocycles. The van der Waals surface area contributed by atoms with Gasteiger partial charge >= 0.3 is 11.9 Å². The molecule has 0 amide bonds. The van der Waals surface area contributed by atoms with Gasteiger partial charge in [-0.2, -0.15) is 21.8 Å². The summed E-state index contributed by atoms with van der Waals surface area (Å²) in [5, 5.41) is 9.82. The first-order valence-corrected chi connectivity index (χ1v) is 30.3. The van der Waals surface area contributed by atoms with Gasteiger partial charge in [-0.15, -0.1) is 0 Å². The molecule has 15 heteroatoms. The fraction of sp³-hybridized carbons (Fsp3) is 0.0769. The number of hydrogen-bond donors (Lipinski definition) is 3. The zero-order valence-corrected chi connectivity index (χ0v) is 47.4. The Morgan fingerprint density at radius 1 is 0.425 bits per heavy atom. The van der Waals surface area contributed by atoms with Gasteiger partial charge in [0.2, 0.25) is 12.1 Å². The van der Waals surface area contributed by atoms with Crippen LogP contribution in [-0.4, -0.2) is 66.4 Å². The van der Waals surface area contributed by atoms with Gasteiger partial charge in [0, 0.05) is 64.5 Å². The van der Waals surface area contributed by atoms with Gasteiger partial charge in [-0.05, 0) is 188 Å².